The second-order valence-corrected chi connectivity index (χ2v) is 8.33. The second-order valence-electron chi connectivity index (χ2n) is 5.61. The highest BCUT2D eigenvalue weighted by Gasteiger charge is 2.52. The molecule has 0 aromatic rings. The summed E-state index contributed by atoms with van der Waals surface area (Å²) in [5, 5.41) is 0. The summed E-state index contributed by atoms with van der Waals surface area (Å²) in [6.07, 6.45) is 4.07. The van der Waals surface area contributed by atoms with Crippen LogP contribution in [0.25, 0.3) is 0 Å². The van der Waals surface area contributed by atoms with Crippen LogP contribution < -0.4 is 0 Å². The monoisotopic (exact) mass is 346 g/mol. The maximum Gasteiger partial charge on any atom is 0.544 e. The lowest BCUT2D eigenvalue weighted by atomic mass is 10.3. The van der Waals surface area contributed by atoms with Crippen molar-refractivity contribution in [3.05, 3.63) is 12.2 Å². The summed E-state index contributed by atoms with van der Waals surface area (Å²) in [4.78, 5) is 12.0. The molecule has 136 valence electrons. The van der Waals surface area contributed by atoms with E-state index in [-0.39, 0.29) is 0 Å². The molecule has 0 saturated carbocycles. The van der Waals surface area contributed by atoms with Crippen molar-refractivity contribution in [1.29, 1.82) is 0 Å². The van der Waals surface area contributed by atoms with E-state index in [9.17, 15) is 4.79 Å². The topological polar surface area (TPSA) is 54.0 Å². The molecule has 5 nitrogen and oxygen atoms in total. The zero-order valence-corrected chi connectivity index (χ0v) is 16.5. The van der Waals surface area contributed by atoms with Gasteiger partial charge in [-0.3, -0.25) is 0 Å². The Morgan fingerprint density at radius 2 is 1.35 bits per heavy atom. The normalized spacial score (nSPS) is 12.9. The Balaban J connectivity index is 5.42. The van der Waals surface area contributed by atoms with E-state index < -0.39 is 20.5 Å². The predicted octanol–water partition coefficient (Wildman–Crippen LogP) is 4.03. The Labute approximate surface area is 142 Å². The summed E-state index contributed by atoms with van der Waals surface area (Å²) in [5.74, 6) is -0.416. The number of rotatable bonds is 14. The Kier molecular flexibility index (Phi) is 12.3. The molecule has 0 rings (SSSR count). The van der Waals surface area contributed by atoms with E-state index in [1.165, 1.54) is 0 Å². The molecule has 6 heteroatoms. The molecule has 0 aromatic carbocycles. The first-order chi connectivity index (χ1) is 11.0. The van der Waals surface area contributed by atoms with E-state index in [4.69, 9.17) is 18.0 Å². The molecule has 0 aromatic heterocycles. The van der Waals surface area contributed by atoms with Gasteiger partial charge in [0, 0.05) is 25.4 Å². The quantitative estimate of drug-likeness (QED) is 0.270. The van der Waals surface area contributed by atoms with Crippen LogP contribution in [0.3, 0.4) is 0 Å². The Bertz CT molecular complexity index is 324. The molecule has 1 atom stereocenters. The second kappa shape index (κ2) is 12.7. The van der Waals surface area contributed by atoms with Crippen molar-refractivity contribution < 1.29 is 22.8 Å². The van der Waals surface area contributed by atoms with Crippen molar-refractivity contribution in [2.75, 3.05) is 19.8 Å². The Morgan fingerprint density at radius 1 is 0.913 bits per heavy atom. The van der Waals surface area contributed by atoms with Crippen molar-refractivity contribution >= 4 is 14.8 Å². The third kappa shape index (κ3) is 8.10. The van der Waals surface area contributed by atoms with E-state index >= 15 is 0 Å². The van der Waals surface area contributed by atoms with Gasteiger partial charge < -0.3 is 18.0 Å². The van der Waals surface area contributed by atoms with E-state index in [1.54, 1.807) is 6.92 Å². The van der Waals surface area contributed by atoms with Crippen molar-refractivity contribution in [1.82, 2.24) is 0 Å². The molecule has 0 saturated heterocycles. The zero-order valence-electron chi connectivity index (χ0n) is 15.5. The van der Waals surface area contributed by atoms with E-state index in [2.05, 4.69) is 6.58 Å². The number of carbonyl (C=O) groups is 1. The number of ether oxygens (including phenoxy) is 1. The third-order valence-electron chi connectivity index (χ3n) is 3.07. The smallest absolute Gasteiger partial charge is 0.454 e. The lowest BCUT2D eigenvalue weighted by Gasteiger charge is -2.35. The predicted molar refractivity (Wildman–Crippen MR) is 94.1 cm³/mol. The third-order valence-corrected chi connectivity index (χ3v) is 6.08. The van der Waals surface area contributed by atoms with E-state index in [0.717, 1.165) is 25.7 Å². The van der Waals surface area contributed by atoms with E-state index in [1.807, 2.05) is 27.7 Å². The molecule has 0 N–H and O–H groups in total. The molecule has 0 bridgehead atoms. The SMILES string of the molecule is C=C(C)C(=O)OC(CCC)[Si](OCCC)(OCCC)OCCC. The highest BCUT2D eigenvalue weighted by molar-refractivity contribution is 6.62. The van der Waals surface area contributed by atoms with E-state index in [0.29, 0.717) is 31.8 Å². The maximum absolute atomic E-state index is 12.0. The summed E-state index contributed by atoms with van der Waals surface area (Å²) >= 11 is 0. The highest BCUT2D eigenvalue weighted by Crippen LogP contribution is 2.24. The Hall–Kier alpha value is -0.693. The van der Waals surface area contributed by atoms with Gasteiger partial charge in [0.2, 0.25) is 0 Å². The van der Waals surface area contributed by atoms with Gasteiger partial charge in [0.05, 0.1) is 0 Å². The van der Waals surface area contributed by atoms with Gasteiger partial charge in [-0.25, -0.2) is 4.79 Å². The summed E-state index contributed by atoms with van der Waals surface area (Å²) < 4.78 is 23.9. The molecule has 23 heavy (non-hydrogen) atoms. The minimum atomic E-state index is -3.10. The Morgan fingerprint density at radius 3 is 1.65 bits per heavy atom. The molecule has 0 radical (unpaired) electrons. The molecule has 0 aliphatic heterocycles. The van der Waals surface area contributed by atoms with Crippen LogP contribution >= 0.6 is 0 Å². The molecule has 0 spiro atoms. The summed E-state index contributed by atoms with van der Waals surface area (Å²) in [7, 11) is -3.10. The van der Waals surface area contributed by atoms with Crippen molar-refractivity contribution in [2.45, 2.75) is 72.5 Å². The number of carbonyl (C=O) groups excluding carboxylic acids is 1. The van der Waals surface area contributed by atoms with Gasteiger partial charge in [0.15, 0.2) is 5.73 Å². The standard InChI is InChI=1S/C17H34O5Si/c1-7-11-16(22-17(18)15(5)6)23(19-12-8-2,20-13-9-3)21-14-10-4/h16H,5,7-14H2,1-4,6H3. The lowest BCUT2D eigenvalue weighted by Crippen LogP contribution is -2.58. The zero-order chi connectivity index (χ0) is 17.7. The first-order valence-corrected chi connectivity index (χ1v) is 10.6. The van der Waals surface area contributed by atoms with Crippen LogP contribution in [0.15, 0.2) is 12.2 Å². The van der Waals surface area contributed by atoms with Crippen molar-refractivity contribution in [3.63, 3.8) is 0 Å². The first-order valence-electron chi connectivity index (χ1n) is 8.75. The van der Waals surface area contributed by atoms with Gasteiger partial charge in [0.25, 0.3) is 0 Å². The maximum atomic E-state index is 12.0. The number of hydrogen-bond acceptors (Lipinski definition) is 5. The summed E-state index contributed by atoms with van der Waals surface area (Å²) in [6, 6.07) is 0. The minimum Gasteiger partial charge on any atom is -0.454 e. The average molecular weight is 347 g/mol. The largest absolute Gasteiger partial charge is 0.544 e. The van der Waals surface area contributed by atoms with Crippen LogP contribution in [-0.2, 0) is 22.8 Å². The molecule has 0 amide bonds. The molecule has 0 fully saturated rings. The molecular formula is C17H34O5Si. The fourth-order valence-corrected chi connectivity index (χ4v) is 5.10. The summed E-state index contributed by atoms with van der Waals surface area (Å²) in [5.41, 5.74) is -0.114. The van der Waals surface area contributed by atoms with Gasteiger partial charge in [0.1, 0.15) is 0 Å². The van der Waals surface area contributed by atoms with Crippen LogP contribution in [0.1, 0.15) is 66.7 Å². The van der Waals surface area contributed by atoms with Crippen LogP contribution in [0, 0.1) is 0 Å². The van der Waals surface area contributed by atoms with Gasteiger partial charge in [-0.1, -0.05) is 40.7 Å². The average Bonchev–Trinajstić information content (AvgIpc) is 2.54. The highest BCUT2D eigenvalue weighted by atomic mass is 28.4. The first kappa shape index (κ1) is 22.3. The lowest BCUT2D eigenvalue weighted by molar-refractivity contribution is -0.144. The molecule has 0 aliphatic rings. The van der Waals surface area contributed by atoms with Crippen LogP contribution in [0.5, 0.6) is 0 Å². The van der Waals surface area contributed by atoms with Gasteiger partial charge >= 0.3 is 14.8 Å². The van der Waals surface area contributed by atoms with Crippen molar-refractivity contribution in [3.8, 4) is 0 Å². The minimum absolute atomic E-state index is 0.371. The fraction of sp³-hybridized carbons (Fsp3) is 0.824. The molecular weight excluding hydrogens is 312 g/mol. The molecule has 0 aliphatic carbocycles. The summed E-state index contributed by atoms with van der Waals surface area (Å²) in [6.45, 7) is 15.0. The van der Waals surface area contributed by atoms with Crippen molar-refractivity contribution in [2.24, 2.45) is 0 Å². The van der Waals surface area contributed by atoms with Crippen LogP contribution in [-0.4, -0.2) is 40.3 Å². The van der Waals surface area contributed by atoms with Crippen LogP contribution in [0.2, 0.25) is 0 Å². The van der Waals surface area contributed by atoms with Gasteiger partial charge in [-0.2, -0.15) is 0 Å². The van der Waals surface area contributed by atoms with Gasteiger partial charge in [-0.15, -0.1) is 0 Å². The molecule has 1 unspecified atom stereocenters. The molecule has 0 heterocycles. The van der Waals surface area contributed by atoms with Gasteiger partial charge in [-0.05, 0) is 32.6 Å². The number of esters is 1. The fourth-order valence-electron chi connectivity index (χ4n) is 1.94. The van der Waals surface area contributed by atoms with Crippen LogP contribution in [0.4, 0.5) is 0 Å². The number of hydrogen-bond donors (Lipinski definition) is 0.